The van der Waals surface area contributed by atoms with Crippen molar-refractivity contribution in [2.45, 2.75) is 38.8 Å². The number of aromatic amines is 1. The van der Waals surface area contributed by atoms with E-state index in [1.165, 1.54) is 6.07 Å². The molecule has 1 atom stereocenters. The van der Waals surface area contributed by atoms with Gasteiger partial charge in [-0.3, -0.25) is 9.59 Å². The average Bonchev–Trinajstić information content (AvgIpc) is 3.35. The molecule has 0 aliphatic rings. The molecule has 1 heterocycles. The number of fused-ring (bicyclic) bond motifs is 1. The molecule has 0 aliphatic heterocycles. The third kappa shape index (κ3) is 8.21. The first-order chi connectivity index (χ1) is 19.3. The van der Waals surface area contributed by atoms with Crippen molar-refractivity contribution in [2.75, 3.05) is 11.9 Å². The highest BCUT2D eigenvalue weighted by molar-refractivity contribution is 6.34. The summed E-state index contributed by atoms with van der Waals surface area (Å²) in [5, 5.41) is 12.0. The van der Waals surface area contributed by atoms with Crippen LogP contribution in [0.1, 0.15) is 54.0 Å². The van der Waals surface area contributed by atoms with Gasteiger partial charge in [0, 0.05) is 21.3 Å². The Bertz CT molecular complexity index is 1450. The molecule has 0 saturated carbocycles. The number of nitrogens with one attached hydrogen (secondary N) is 5. The summed E-state index contributed by atoms with van der Waals surface area (Å²) in [5.41, 5.74) is 3.24. The minimum absolute atomic E-state index is 0.205. The van der Waals surface area contributed by atoms with Crippen molar-refractivity contribution in [2.24, 2.45) is 0 Å². The molecule has 9 nitrogen and oxygen atoms in total. The summed E-state index contributed by atoms with van der Waals surface area (Å²) >= 11 is 12.3. The van der Waals surface area contributed by atoms with Crippen molar-refractivity contribution in [1.29, 1.82) is 0 Å². The molecule has 0 bridgehead atoms. The second-order valence-electron chi connectivity index (χ2n) is 9.24. The molecule has 0 radical (unpaired) electrons. The first kappa shape index (κ1) is 28.9. The van der Waals surface area contributed by atoms with Gasteiger partial charge in [-0.2, -0.15) is 0 Å². The predicted molar refractivity (Wildman–Crippen MR) is 158 cm³/mol. The molecule has 0 fully saturated rings. The number of hydrogen-bond donors (Lipinski definition) is 5. The number of hydrogen-bond acceptors (Lipinski definition) is 4. The molecule has 4 aromatic rings. The van der Waals surface area contributed by atoms with Crippen LogP contribution in [0.3, 0.4) is 0 Å². The summed E-state index contributed by atoms with van der Waals surface area (Å²) in [4.78, 5) is 45.4. The molecule has 208 valence electrons. The minimum Gasteiger partial charge on any atom is -0.348 e. The maximum atomic E-state index is 12.7. The molecule has 40 heavy (non-hydrogen) atoms. The van der Waals surface area contributed by atoms with Crippen LogP contribution in [-0.2, 0) is 11.3 Å². The Labute approximate surface area is 242 Å². The van der Waals surface area contributed by atoms with E-state index in [0.29, 0.717) is 33.5 Å². The zero-order valence-corrected chi connectivity index (χ0v) is 23.4. The summed E-state index contributed by atoms with van der Waals surface area (Å²) < 4.78 is 0. The number of carbonyl (C=O) groups excluding carboxylic acids is 3. The zero-order chi connectivity index (χ0) is 28.5. The summed E-state index contributed by atoms with van der Waals surface area (Å²) in [6.07, 6.45) is 2.56. The lowest BCUT2D eigenvalue weighted by Gasteiger charge is -2.20. The number of aromatic nitrogens is 2. The minimum atomic E-state index is -0.448. The Morgan fingerprint density at radius 3 is 2.48 bits per heavy atom. The molecule has 4 amide bonds. The van der Waals surface area contributed by atoms with Crippen LogP contribution >= 0.6 is 23.2 Å². The van der Waals surface area contributed by atoms with Crippen LogP contribution in [0.15, 0.2) is 66.7 Å². The number of urea groups is 1. The summed E-state index contributed by atoms with van der Waals surface area (Å²) in [6, 6.07) is 18.5. The van der Waals surface area contributed by atoms with Crippen molar-refractivity contribution in [3.8, 4) is 0 Å². The summed E-state index contributed by atoms with van der Waals surface area (Å²) in [7, 11) is 0. The number of anilines is 1. The number of carbonyl (C=O) groups is 3. The van der Waals surface area contributed by atoms with Crippen molar-refractivity contribution in [3.05, 3.63) is 93.7 Å². The van der Waals surface area contributed by atoms with E-state index < -0.39 is 11.9 Å². The fraction of sp³-hybridized carbons (Fsp3) is 0.241. The lowest BCUT2D eigenvalue weighted by atomic mass is 10.0. The topological polar surface area (TPSA) is 128 Å². The van der Waals surface area contributed by atoms with E-state index in [0.717, 1.165) is 29.4 Å². The highest BCUT2D eigenvalue weighted by Crippen LogP contribution is 2.26. The van der Waals surface area contributed by atoms with E-state index >= 15 is 0 Å². The molecule has 5 N–H and O–H groups in total. The van der Waals surface area contributed by atoms with E-state index in [2.05, 4.69) is 38.2 Å². The number of imidazole rings is 1. The van der Waals surface area contributed by atoms with Gasteiger partial charge in [-0.25, -0.2) is 9.78 Å². The van der Waals surface area contributed by atoms with Gasteiger partial charge >= 0.3 is 6.03 Å². The fourth-order valence-electron chi connectivity index (χ4n) is 4.18. The molecular formula is C29H30Cl2N6O3. The van der Waals surface area contributed by atoms with Crippen molar-refractivity contribution in [3.63, 3.8) is 0 Å². The molecule has 3 aromatic carbocycles. The van der Waals surface area contributed by atoms with Crippen LogP contribution in [0.5, 0.6) is 0 Å². The Morgan fingerprint density at radius 1 is 0.950 bits per heavy atom. The number of nitrogens with zero attached hydrogens (tertiary/aromatic N) is 1. The molecule has 11 heteroatoms. The van der Waals surface area contributed by atoms with Gasteiger partial charge in [-0.1, -0.05) is 61.2 Å². The van der Waals surface area contributed by atoms with Gasteiger partial charge in [-0.05, 0) is 60.5 Å². The average molecular weight is 582 g/mol. The number of benzene rings is 3. The Balaban J connectivity index is 1.28. The van der Waals surface area contributed by atoms with E-state index in [9.17, 15) is 14.4 Å². The highest BCUT2D eigenvalue weighted by Gasteiger charge is 2.17. The van der Waals surface area contributed by atoms with Crippen molar-refractivity contribution < 1.29 is 14.4 Å². The number of amides is 4. The van der Waals surface area contributed by atoms with Gasteiger partial charge < -0.3 is 26.3 Å². The summed E-state index contributed by atoms with van der Waals surface area (Å²) in [6.45, 7) is 2.05. The number of unbranched alkanes of at least 4 members (excludes halogenated alkanes) is 1. The van der Waals surface area contributed by atoms with E-state index in [4.69, 9.17) is 23.2 Å². The largest absolute Gasteiger partial charge is 0.348 e. The van der Waals surface area contributed by atoms with E-state index in [-0.39, 0.29) is 25.0 Å². The van der Waals surface area contributed by atoms with Crippen molar-refractivity contribution >= 4 is 57.8 Å². The standard InChI is InChI=1S/C29H30Cl2N6O3/c1-2-3-9-23(19-12-20(30)15-21(31)13-19)37-27(38)17-32-28(39)18-7-6-8-22(14-18)34-29(40)33-16-26-35-24-10-4-5-11-25(24)36-26/h4-8,10-15,23H,2-3,9,16-17H2,1H3,(H,32,39)(H,35,36)(H,37,38)(H2,33,34,40). The SMILES string of the molecule is CCCCC(NC(=O)CNC(=O)c1cccc(NC(=O)NCc2nc3ccccc3[nH]2)c1)c1cc(Cl)cc(Cl)c1. The van der Waals surface area contributed by atoms with Gasteiger partial charge in [0.15, 0.2) is 0 Å². The van der Waals surface area contributed by atoms with Crippen LogP contribution in [0.25, 0.3) is 11.0 Å². The quantitative estimate of drug-likeness (QED) is 0.150. The third-order valence-corrected chi connectivity index (χ3v) is 6.55. The normalized spacial score (nSPS) is 11.6. The number of halogens is 2. The summed E-state index contributed by atoms with van der Waals surface area (Å²) in [5.74, 6) is -0.166. The monoisotopic (exact) mass is 580 g/mol. The zero-order valence-electron chi connectivity index (χ0n) is 21.9. The second kappa shape index (κ2) is 13.8. The highest BCUT2D eigenvalue weighted by atomic mass is 35.5. The van der Waals surface area contributed by atoms with Crippen LogP contribution in [0.4, 0.5) is 10.5 Å². The first-order valence-electron chi connectivity index (χ1n) is 12.9. The van der Waals surface area contributed by atoms with Crippen molar-refractivity contribution in [1.82, 2.24) is 25.9 Å². The molecular weight excluding hydrogens is 551 g/mol. The Kier molecular flexibility index (Phi) is 9.99. The van der Waals surface area contributed by atoms with Gasteiger partial charge in [0.05, 0.1) is 30.2 Å². The van der Waals surface area contributed by atoms with Gasteiger partial charge in [0.1, 0.15) is 5.82 Å². The number of rotatable bonds is 11. The first-order valence-corrected chi connectivity index (χ1v) is 13.7. The second-order valence-corrected chi connectivity index (χ2v) is 10.1. The third-order valence-electron chi connectivity index (χ3n) is 6.12. The number of para-hydroxylation sites is 2. The maximum absolute atomic E-state index is 12.7. The molecule has 0 aliphatic carbocycles. The van der Waals surface area contributed by atoms with Crippen LogP contribution in [0, 0.1) is 0 Å². The molecule has 1 unspecified atom stereocenters. The van der Waals surface area contributed by atoms with Gasteiger partial charge in [-0.15, -0.1) is 0 Å². The molecule has 0 saturated heterocycles. The van der Waals surface area contributed by atoms with Gasteiger partial charge in [0.25, 0.3) is 5.91 Å². The Morgan fingerprint density at radius 2 is 1.73 bits per heavy atom. The Hall–Kier alpha value is -4.08. The van der Waals surface area contributed by atoms with E-state index in [1.807, 2.05) is 24.3 Å². The molecule has 4 rings (SSSR count). The maximum Gasteiger partial charge on any atom is 0.319 e. The lowest BCUT2D eigenvalue weighted by molar-refractivity contribution is -0.120. The predicted octanol–water partition coefficient (Wildman–Crippen LogP) is 5.97. The molecule has 0 spiro atoms. The fourth-order valence-corrected chi connectivity index (χ4v) is 4.72. The van der Waals surface area contributed by atoms with Crippen LogP contribution in [-0.4, -0.2) is 34.4 Å². The van der Waals surface area contributed by atoms with Crippen LogP contribution < -0.4 is 21.3 Å². The van der Waals surface area contributed by atoms with E-state index in [1.54, 1.807) is 36.4 Å². The lowest BCUT2D eigenvalue weighted by Crippen LogP contribution is -2.38. The van der Waals surface area contributed by atoms with Gasteiger partial charge in [0.2, 0.25) is 5.91 Å². The smallest absolute Gasteiger partial charge is 0.319 e. The molecule has 1 aromatic heterocycles. The number of H-pyrrole nitrogens is 1. The van der Waals surface area contributed by atoms with Crippen LogP contribution in [0.2, 0.25) is 10.0 Å².